The molecule has 0 fully saturated rings. The predicted molar refractivity (Wildman–Crippen MR) is 96.3 cm³/mol. The van der Waals surface area contributed by atoms with Gasteiger partial charge in [-0.2, -0.15) is 0 Å². The highest BCUT2D eigenvalue weighted by atomic mass is 16.3. The molecule has 0 saturated heterocycles. The van der Waals surface area contributed by atoms with Crippen LogP contribution in [-0.4, -0.2) is 10.9 Å². The van der Waals surface area contributed by atoms with Crippen molar-refractivity contribution in [3.63, 3.8) is 0 Å². The lowest BCUT2D eigenvalue weighted by Crippen LogP contribution is -2.15. The summed E-state index contributed by atoms with van der Waals surface area (Å²) in [5, 5.41) is 12.8. The molecule has 3 aromatic carbocycles. The van der Waals surface area contributed by atoms with Gasteiger partial charge in [0, 0.05) is 17.7 Å². The lowest BCUT2D eigenvalue weighted by Gasteiger charge is -2.20. The molecule has 3 rings (SSSR count). The van der Waals surface area contributed by atoms with Crippen LogP contribution in [0.3, 0.4) is 0 Å². The largest absolute Gasteiger partial charge is 0.508 e. The van der Waals surface area contributed by atoms with Gasteiger partial charge in [0.1, 0.15) is 5.75 Å². The summed E-state index contributed by atoms with van der Waals surface area (Å²) in [5.74, 6) is 0.195. The van der Waals surface area contributed by atoms with Gasteiger partial charge in [0.25, 0.3) is 0 Å². The Balaban J connectivity index is 1.82. The van der Waals surface area contributed by atoms with E-state index < -0.39 is 0 Å². The number of nitrogens with one attached hydrogen (secondary N) is 1. The van der Waals surface area contributed by atoms with Gasteiger partial charge in [-0.1, -0.05) is 48.5 Å². The molecule has 1 atom stereocenters. The van der Waals surface area contributed by atoms with E-state index in [1.165, 1.54) is 12.1 Å². The van der Waals surface area contributed by atoms with Gasteiger partial charge >= 0.3 is 0 Å². The molecular formula is C21H19NO2. The number of hydrogen-bond donors (Lipinski definition) is 2. The number of phenols is 1. The van der Waals surface area contributed by atoms with Crippen LogP contribution in [0.4, 0.5) is 5.69 Å². The molecule has 0 spiro atoms. The maximum atomic E-state index is 12.6. The van der Waals surface area contributed by atoms with E-state index in [2.05, 4.69) is 5.32 Å². The molecule has 0 aliphatic rings. The van der Waals surface area contributed by atoms with Crippen LogP contribution in [-0.2, 0) is 0 Å². The standard InChI is InChI=1S/C21H19NO2/c23-19-13-11-17(12-14-19)21(24)15-20(16-7-3-1-4-8-16)22-18-9-5-2-6-10-18/h1-14,20,22-23H,15H2/t20-/m1/s1. The average molecular weight is 317 g/mol. The van der Waals surface area contributed by atoms with Crippen LogP contribution in [0.15, 0.2) is 84.9 Å². The smallest absolute Gasteiger partial charge is 0.165 e. The Hall–Kier alpha value is -3.07. The SMILES string of the molecule is O=C(C[C@@H](Nc1ccccc1)c1ccccc1)c1ccc(O)cc1. The second-order valence-electron chi connectivity index (χ2n) is 5.65. The highest BCUT2D eigenvalue weighted by Crippen LogP contribution is 2.24. The van der Waals surface area contributed by atoms with Crippen molar-refractivity contribution >= 4 is 11.5 Å². The van der Waals surface area contributed by atoms with Crippen molar-refractivity contribution in [1.29, 1.82) is 0 Å². The molecule has 24 heavy (non-hydrogen) atoms. The highest BCUT2D eigenvalue weighted by molar-refractivity contribution is 5.96. The predicted octanol–water partition coefficient (Wildman–Crippen LogP) is 4.82. The first-order chi connectivity index (χ1) is 11.7. The first-order valence-corrected chi connectivity index (χ1v) is 7.91. The summed E-state index contributed by atoms with van der Waals surface area (Å²) in [5.41, 5.74) is 2.64. The van der Waals surface area contributed by atoms with E-state index in [0.717, 1.165) is 11.3 Å². The first kappa shape index (κ1) is 15.8. The minimum absolute atomic E-state index is 0.0345. The topological polar surface area (TPSA) is 49.3 Å². The Kier molecular flexibility index (Phi) is 4.92. The molecule has 3 nitrogen and oxygen atoms in total. The lowest BCUT2D eigenvalue weighted by molar-refractivity contribution is 0.0976. The maximum absolute atomic E-state index is 12.6. The third-order valence-corrected chi connectivity index (χ3v) is 3.90. The Labute approximate surface area is 141 Å². The summed E-state index contributed by atoms with van der Waals surface area (Å²) in [6, 6.07) is 26.1. The van der Waals surface area contributed by atoms with Crippen LogP contribution >= 0.6 is 0 Å². The van der Waals surface area contributed by atoms with Crippen molar-refractivity contribution < 1.29 is 9.90 Å². The Bertz CT molecular complexity index is 783. The van der Waals surface area contributed by atoms with Gasteiger partial charge in [-0.15, -0.1) is 0 Å². The van der Waals surface area contributed by atoms with E-state index >= 15 is 0 Å². The highest BCUT2D eigenvalue weighted by Gasteiger charge is 2.17. The van der Waals surface area contributed by atoms with E-state index in [-0.39, 0.29) is 17.6 Å². The van der Waals surface area contributed by atoms with Crippen molar-refractivity contribution in [3.05, 3.63) is 96.1 Å². The van der Waals surface area contributed by atoms with Gasteiger partial charge in [0.15, 0.2) is 5.78 Å². The fourth-order valence-electron chi connectivity index (χ4n) is 2.62. The molecular weight excluding hydrogens is 298 g/mol. The normalized spacial score (nSPS) is 11.7. The molecule has 0 aliphatic heterocycles. The number of benzene rings is 3. The van der Waals surface area contributed by atoms with Crippen molar-refractivity contribution in [3.8, 4) is 5.75 Å². The van der Waals surface area contributed by atoms with Gasteiger partial charge < -0.3 is 10.4 Å². The number of phenolic OH excluding ortho intramolecular Hbond substituents is 1. The fraction of sp³-hybridized carbons (Fsp3) is 0.0952. The van der Waals surface area contributed by atoms with E-state index in [9.17, 15) is 9.90 Å². The van der Waals surface area contributed by atoms with Gasteiger partial charge in [-0.3, -0.25) is 4.79 Å². The average Bonchev–Trinajstić information content (AvgIpc) is 2.63. The van der Waals surface area contributed by atoms with Crippen molar-refractivity contribution in [1.82, 2.24) is 0 Å². The molecule has 0 bridgehead atoms. The molecule has 0 radical (unpaired) electrons. The Morgan fingerprint density at radius 2 is 1.42 bits per heavy atom. The number of hydrogen-bond acceptors (Lipinski definition) is 3. The first-order valence-electron chi connectivity index (χ1n) is 7.91. The zero-order chi connectivity index (χ0) is 16.8. The van der Waals surface area contributed by atoms with Crippen LogP contribution < -0.4 is 5.32 Å². The molecule has 0 unspecified atom stereocenters. The molecule has 0 heterocycles. The van der Waals surface area contributed by atoms with Crippen molar-refractivity contribution in [2.24, 2.45) is 0 Å². The molecule has 3 heteroatoms. The van der Waals surface area contributed by atoms with Crippen molar-refractivity contribution in [2.45, 2.75) is 12.5 Å². The summed E-state index contributed by atoms with van der Waals surface area (Å²) in [6.07, 6.45) is 0.337. The van der Waals surface area contributed by atoms with E-state index in [1.54, 1.807) is 12.1 Å². The summed E-state index contributed by atoms with van der Waals surface area (Å²) in [4.78, 5) is 12.6. The zero-order valence-electron chi connectivity index (χ0n) is 13.2. The second-order valence-corrected chi connectivity index (χ2v) is 5.65. The quantitative estimate of drug-likeness (QED) is 0.641. The third kappa shape index (κ3) is 4.02. The molecule has 3 aromatic rings. The molecule has 2 N–H and O–H groups in total. The van der Waals surface area contributed by atoms with Gasteiger partial charge in [0.2, 0.25) is 0 Å². The molecule has 0 saturated carbocycles. The number of para-hydroxylation sites is 1. The number of ketones is 1. The minimum atomic E-state index is -0.116. The van der Waals surface area contributed by atoms with E-state index in [1.807, 2.05) is 60.7 Å². The number of anilines is 1. The van der Waals surface area contributed by atoms with Crippen LogP contribution in [0.2, 0.25) is 0 Å². The fourth-order valence-corrected chi connectivity index (χ4v) is 2.62. The van der Waals surface area contributed by atoms with Crippen molar-refractivity contribution in [2.75, 3.05) is 5.32 Å². The number of aromatic hydroxyl groups is 1. The van der Waals surface area contributed by atoms with Crippen LogP contribution in [0, 0.1) is 0 Å². The van der Waals surface area contributed by atoms with E-state index in [4.69, 9.17) is 0 Å². The Morgan fingerprint density at radius 1 is 0.833 bits per heavy atom. The zero-order valence-corrected chi connectivity index (χ0v) is 13.2. The number of carbonyl (C=O) groups excluding carboxylic acids is 1. The molecule has 0 aliphatic carbocycles. The maximum Gasteiger partial charge on any atom is 0.165 e. The molecule has 120 valence electrons. The third-order valence-electron chi connectivity index (χ3n) is 3.90. The summed E-state index contributed by atoms with van der Waals surface area (Å²) < 4.78 is 0. The van der Waals surface area contributed by atoms with Gasteiger partial charge in [0.05, 0.1) is 6.04 Å². The van der Waals surface area contributed by atoms with Crippen LogP contribution in [0.5, 0.6) is 5.75 Å². The summed E-state index contributed by atoms with van der Waals surface area (Å²) >= 11 is 0. The Morgan fingerprint density at radius 3 is 2.04 bits per heavy atom. The van der Waals surface area contributed by atoms with Gasteiger partial charge in [-0.05, 0) is 42.0 Å². The van der Waals surface area contributed by atoms with Crippen LogP contribution in [0.1, 0.15) is 28.4 Å². The monoisotopic (exact) mass is 317 g/mol. The van der Waals surface area contributed by atoms with Crippen LogP contribution in [0.25, 0.3) is 0 Å². The summed E-state index contributed by atoms with van der Waals surface area (Å²) in [6.45, 7) is 0. The van der Waals surface area contributed by atoms with Gasteiger partial charge in [-0.25, -0.2) is 0 Å². The number of rotatable bonds is 6. The lowest BCUT2D eigenvalue weighted by atomic mass is 9.97. The van der Waals surface area contributed by atoms with E-state index in [0.29, 0.717) is 12.0 Å². The molecule has 0 aromatic heterocycles. The second kappa shape index (κ2) is 7.47. The number of Topliss-reactive ketones (excluding diaryl/α,β-unsaturated/α-hetero) is 1. The summed E-state index contributed by atoms with van der Waals surface area (Å²) in [7, 11) is 0. The number of carbonyl (C=O) groups is 1. The minimum Gasteiger partial charge on any atom is -0.508 e. The molecule has 0 amide bonds.